The summed E-state index contributed by atoms with van der Waals surface area (Å²) in [4.78, 5) is 12.0. The summed E-state index contributed by atoms with van der Waals surface area (Å²) in [5, 5.41) is 11.1. The maximum absolute atomic E-state index is 12.0. The Hall–Kier alpha value is -2.11. The summed E-state index contributed by atoms with van der Waals surface area (Å²) in [5.41, 5.74) is 1.56. The molecule has 1 atom stereocenters. The quantitative estimate of drug-likeness (QED) is 0.880. The minimum absolute atomic E-state index is 0.0832. The van der Waals surface area contributed by atoms with Crippen molar-refractivity contribution in [2.45, 2.75) is 26.4 Å². The van der Waals surface area contributed by atoms with E-state index in [9.17, 15) is 4.79 Å². The fourth-order valence-electron chi connectivity index (χ4n) is 1.87. The molecule has 0 bridgehead atoms. The van der Waals surface area contributed by atoms with Gasteiger partial charge < -0.3 is 5.32 Å². The van der Waals surface area contributed by atoms with Crippen LogP contribution >= 0.6 is 0 Å². The fourth-order valence-corrected chi connectivity index (χ4v) is 1.87. The van der Waals surface area contributed by atoms with E-state index in [1.807, 2.05) is 24.6 Å². The summed E-state index contributed by atoms with van der Waals surface area (Å²) in [6, 6.07) is 1.83. The molecule has 6 nitrogen and oxygen atoms in total. The largest absolute Gasteiger partial charge is 0.344 e. The van der Waals surface area contributed by atoms with Gasteiger partial charge in [0.15, 0.2) is 0 Å². The first-order valence-corrected chi connectivity index (χ1v) is 5.93. The van der Waals surface area contributed by atoms with Crippen molar-refractivity contribution in [3.63, 3.8) is 0 Å². The molecule has 1 N–H and O–H groups in total. The molecule has 0 saturated heterocycles. The number of rotatable bonds is 4. The second-order valence-corrected chi connectivity index (χ2v) is 4.17. The summed E-state index contributed by atoms with van der Waals surface area (Å²) < 4.78 is 3.48. The monoisotopic (exact) mass is 247 g/mol. The highest BCUT2D eigenvalue weighted by Gasteiger charge is 2.15. The van der Waals surface area contributed by atoms with Crippen LogP contribution in [0.4, 0.5) is 0 Å². The van der Waals surface area contributed by atoms with Crippen LogP contribution in [-0.4, -0.2) is 25.5 Å². The first kappa shape index (κ1) is 12.3. The number of carbonyl (C=O) groups is 1. The standard InChI is InChI=1S/C12H17N5O/c1-4-17-11(5-6-13-17)9(2)15-12(18)10-7-14-16(3)8-10/h5-9H,4H2,1-3H3,(H,15,18). The average molecular weight is 247 g/mol. The van der Waals surface area contributed by atoms with Crippen LogP contribution < -0.4 is 5.32 Å². The van der Waals surface area contributed by atoms with Crippen molar-refractivity contribution in [3.8, 4) is 0 Å². The number of nitrogens with zero attached hydrogens (tertiary/aromatic N) is 4. The molecule has 1 amide bonds. The van der Waals surface area contributed by atoms with Gasteiger partial charge in [0, 0.05) is 26.0 Å². The van der Waals surface area contributed by atoms with Crippen LogP contribution in [0.15, 0.2) is 24.7 Å². The van der Waals surface area contributed by atoms with Crippen molar-refractivity contribution < 1.29 is 4.79 Å². The van der Waals surface area contributed by atoms with E-state index in [0.29, 0.717) is 5.56 Å². The van der Waals surface area contributed by atoms with Gasteiger partial charge in [0.2, 0.25) is 0 Å². The van der Waals surface area contributed by atoms with Gasteiger partial charge >= 0.3 is 0 Å². The first-order chi connectivity index (χ1) is 8.61. The number of amides is 1. The molecule has 1 unspecified atom stereocenters. The number of hydrogen-bond acceptors (Lipinski definition) is 3. The van der Waals surface area contributed by atoms with E-state index in [-0.39, 0.29) is 11.9 Å². The topological polar surface area (TPSA) is 64.7 Å². The van der Waals surface area contributed by atoms with E-state index in [1.165, 1.54) is 0 Å². The van der Waals surface area contributed by atoms with E-state index in [4.69, 9.17) is 0 Å². The smallest absolute Gasteiger partial charge is 0.254 e. The SMILES string of the molecule is CCn1nccc1C(C)NC(=O)c1cnn(C)c1. The molecular formula is C12H17N5O. The Morgan fingerprint density at radius 3 is 2.89 bits per heavy atom. The van der Waals surface area contributed by atoms with Crippen LogP contribution in [0, 0.1) is 0 Å². The highest BCUT2D eigenvalue weighted by molar-refractivity contribution is 5.93. The number of hydrogen-bond donors (Lipinski definition) is 1. The predicted octanol–water partition coefficient (Wildman–Crippen LogP) is 1.13. The van der Waals surface area contributed by atoms with E-state index in [2.05, 4.69) is 15.5 Å². The highest BCUT2D eigenvalue weighted by Crippen LogP contribution is 2.12. The van der Waals surface area contributed by atoms with Crippen LogP contribution in [0.3, 0.4) is 0 Å². The maximum atomic E-state index is 12.0. The lowest BCUT2D eigenvalue weighted by atomic mass is 10.2. The van der Waals surface area contributed by atoms with Crippen molar-refractivity contribution in [2.24, 2.45) is 7.05 Å². The average Bonchev–Trinajstić information content (AvgIpc) is 2.96. The number of aromatic nitrogens is 4. The minimum atomic E-state index is -0.126. The Labute approximate surface area is 106 Å². The Balaban J connectivity index is 2.08. The van der Waals surface area contributed by atoms with Gasteiger partial charge in [-0.1, -0.05) is 0 Å². The van der Waals surface area contributed by atoms with Crippen molar-refractivity contribution >= 4 is 5.91 Å². The number of aryl methyl sites for hydroxylation is 2. The van der Waals surface area contributed by atoms with E-state index >= 15 is 0 Å². The van der Waals surface area contributed by atoms with Crippen LogP contribution in [0.5, 0.6) is 0 Å². The van der Waals surface area contributed by atoms with E-state index in [0.717, 1.165) is 12.2 Å². The molecule has 2 aromatic heterocycles. The van der Waals surface area contributed by atoms with Crippen molar-refractivity contribution in [1.29, 1.82) is 0 Å². The molecule has 0 aliphatic rings. The first-order valence-electron chi connectivity index (χ1n) is 5.93. The lowest BCUT2D eigenvalue weighted by Crippen LogP contribution is -2.28. The third-order valence-corrected chi connectivity index (χ3v) is 2.81. The van der Waals surface area contributed by atoms with E-state index < -0.39 is 0 Å². The summed E-state index contributed by atoms with van der Waals surface area (Å²) in [5.74, 6) is -0.126. The molecule has 0 spiro atoms. The Morgan fingerprint density at radius 2 is 2.28 bits per heavy atom. The van der Waals surface area contributed by atoms with Gasteiger partial charge in [0.1, 0.15) is 0 Å². The number of carbonyl (C=O) groups excluding carboxylic acids is 1. The van der Waals surface area contributed by atoms with Crippen molar-refractivity contribution in [2.75, 3.05) is 0 Å². The van der Waals surface area contributed by atoms with Gasteiger partial charge in [-0.2, -0.15) is 10.2 Å². The molecule has 6 heteroatoms. The molecule has 0 saturated carbocycles. The van der Waals surface area contributed by atoms with Crippen molar-refractivity contribution in [1.82, 2.24) is 24.9 Å². The zero-order valence-corrected chi connectivity index (χ0v) is 10.8. The molecule has 2 heterocycles. The Bertz CT molecular complexity index is 542. The molecule has 0 radical (unpaired) electrons. The molecule has 0 aliphatic heterocycles. The molecule has 0 fully saturated rings. The van der Waals surface area contributed by atoms with Crippen LogP contribution in [0.1, 0.15) is 35.9 Å². The molecule has 0 aromatic carbocycles. The molecule has 2 rings (SSSR count). The van der Waals surface area contributed by atoms with Gasteiger partial charge in [-0.15, -0.1) is 0 Å². The Morgan fingerprint density at radius 1 is 1.50 bits per heavy atom. The summed E-state index contributed by atoms with van der Waals surface area (Å²) in [6.07, 6.45) is 4.99. The summed E-state index contributed by atoms with van der Waals surface area (Å²) >= 11 is 0. The highest BCUT2D eigenvalue weighted by atomic mass is 16.1. The van der Waals surface area contributed by atoms with Crippen LogP contribution in [0.2, 0.25) is 0 Å². The zero-order valence-electron chi connectivity index (χ0n) is 10.8. The zero-order chi connectivity index (χ0) is 13.1. The van der Waals surface area contributed by atoms with Gasteiger partial charge in [-0.05, 0) is 19.9 Å². The molecule has 0 aliphatic carbocycles. The second-order valence-electron chi connectivity index (χ2n) is 4.17. The van der Waals surface area contributed by atoms with Crippen LogP contribution in [-0.2, 0) is 13.6 Å². The normalized spacial score (nSPS) is 12.4. The summed E-state index contributed by atoms with van der Waals surface area (Å²) in [6.45, 7) is 4.75. The van der Waals surface area contributed by atoms with Gasteiger partial charge in [0.05, 0.1) is 23.5 Å². The fraction of sp³-hybridized carbons (Fsp3) is 0.417. The third-order valence-electron chi connectivity index (χ3n) is 2.81. The Kier molecular flexibility index (Phi) is 3.45. The van der Waals surface area contributed by atoms with Gasteiger partial charge in [0.25, 0.3) is 5.91 Å². The third kappa shape index (κ3) is 2.42. The molecular weight excluding hydrogens is 230 g/mol. The molecule has 96 valence electrons. The molecule has 18 heavy (non-hydrogen) atoms. The van der Waals surface area contributed by atoms with Gasteiger partial charge in [-0.3, -0.25) is 14.2 Å². The lowest BCUT2D eigenvalue weighted by molar-refractivity contribution is 0.0938. The maximum Gasteiger partial charge on any atom is 0.254 e. The second kappa shape index (κ2) is 5.03. The van der Waals surface area contributed by atoms with Crippen molar-refractivity contribution in [3.05, 3.63) is 35.9 Å². The summed E-state index contributed by atoms with van der Waals surface area (Å²) in [7, 11) is 1.78. The van der Waals surface area contributed by atoms with Gasteiger partial charge in [-0.25, -0.2) is 0 Å². The predicted molar refractivity (Wildman–Crippen MR) is 67.0 cm³/mol. The van der Waals surface area contributed by atoms with E-state index in [1.54, 1.807) is 30.3 Å². The van der Waals surface area contributed by atoms with Crippen LogP contribution in [0.25, 0.3) is 0 Å². The number of nitrogens with one attached hydrogen (secondary N) is 1. The molecule has 2 aromatic rings. The lowest BCUT2D eigenvalue weighted by Gasteiger charge is -2.14. The minimum Gasteiger partial charge on any atom is -0.344 e.